The van der Waals surface area contributed by atoms with Gasteiger partial charge in [-0.25, -0.2) is 9.59 Å². The lowest BCUT2D eigenvalue weighted by molar-refractivity contribution is -0.117. The first-order valence-electron chi connectivity index (χ1n) is 11.6. The van der Waals surface area contributed by atoms with Crippen LogP contribution in [-0.4, -0.2) is 55.6 Å². The number of thiophene rings is 1. The van der Waals surface area contributed by atoms with Crippen LogP contribution in [0.15, 0.2) is 35.7 Å². The third-order valence-corrected chi connectivity index (χ3v) is 7.37. The van der Waals surface area contributed by atoms with E-state index in [1.54, 1.807) is 28.4 Å². The van der Waals surface area contributed by atoms with Gasteiger partial charge in [0.25, 0.3) is 0 Å². The van der Waals surface area contributed by atoms with Crippen LogP contribution in [-0.2, 0) is 9.53 Å². The Morgan fingerprint density at radius 3 is 2.64 bits per heavy atom. The first-order chi connectivity index (χ1) is 16.1. The molecule has 2 aromatic rings. The van der Waals surface area contributed by atoms with E-state index in [1.165, 1.54) is 0 Å². The molecule has 5 rings (SSSR count). The summed E-state index contributed by atoms with van der Waals surface area (Å²) in [7, 11) is 0. The van der Waals surface area contributed by atoms with Gasteiger partial charge in [-0.15, -0.1) is 11.3 Å². The molecular formula is C24H28N4O4S. The lowest BCUT2D eigenvalue weighted by Gasteiger charge is -2.32. The van der Waals surface area contributed by atoms with Crippen LogP contribution >= 0.6 is 11.3 Å². The maximum absolute atomic E-state index is 13.0. The molecule has 0 radical (unpaired) electrons. The van der Waals surface area contributed by atoms with Gasteiger partial charge < -0.3 is 25.2 Å². The molecule has 1 unspecified atom stereocenters. The number of hydrogen-bond acceptors (Lipinski definition) is 7. The first kappa shape index (κ1) is 21.9. The molecule has 1 aliphatic carbocycles. The largest absolute Gasteiger partial charge is 0.417 e. The van der Waals surface area contributed by atoms with Crippen LogP contribution in [0, 0.1) is 5.92 Å². The lowest BCUT2D eigenvalue weighted by Crippen LogP contribution is -2.48. The van der Waals surface area contributed by atoms with Gasteiger partial charge in [-0.1, -0.05) is 6.07 Å². The fourth-order valence-corrected chi connectivity index (χ4v) is 5.18. The molecule has 3 aliphatic rings. The average Bonchev–Trinajstić information content (AvgIpc) is 3.29. The van der Waals surface area contributed by atoms with Crippen molar-refractivity contribution >= 4 is 40.7 Å². The van der Waals surface area contributed by atoms with E-state index in [2.05, 4.69) is 15.5 Å². The van der Waals surface area contributed by atoms with E-state index < -0.39 is 12.1 Å². The fraction of sp³-hybridized carbons (Fsp3) is 0.458. The van der Waals surface area contributed by atoms with Gasteiger partial charge in [0.1, 0.15) is 0 Å². The van der Waals surface area contributed by atoms with Crippen molar-refractivity contribution in [3.63, 3.8) is 0 Å². The molecule has 2 amide bonds. The van der Waals surface area contributed by atoms with Crippen molar-refractivity contribution in [1.82, 2.24) is 10.2 Å². The van der Waals surface area contributed by atoms with Gasteiger partial charge in [-0.3, -0.25) is 4.79 Å². The van der Waals surface area contributed by atoms with Crippen molar-refractivity contribution in [2.24, 2.45) is 5.92 Å². The normalized spacial score (nSPS) is 20.5. The molecule has 1 atom stereocenters. The number of hydrogen-bond donors (Lipinski definition) is 2. The van der Waals surface area contributed by atoms with Crippen molar-refractivity contribution in [1.29, 1.82) is 0 Å². The number of carbonyl (C=O) groups excluding carboxylic acids is 3. The smallest absolute Gasteiger partial charge is 0.372 e. The molecule has 9 heteroatoms. The molecule has 3 fully saturated rings. The summed E-state index contributed by atoms with van der Waals surface area (Å²) < 4.78 is 5.32. The zero-order valence-corrected chi connectivity index (χ0v) is 19.2. The first-order valence-corrected chi connectivity index (χ1v) is 12.4. The maximum Gasteiger partial charge on any atom is 0.417 e. The zero-order valence-electron chi connectivity index (χ0n) is 18.4. The van der Waals surface area contributed by atoms with E-state index in [0.29, 0.717) is 36.6 Å². The molecule has 1 saturated carbocycles. The second kappa shape index (κ2) is 9.52. The number of benzene rings is 1. The van der Waals surface area contributed by atoms with Crippen molar-refractivity contribution in [3.05, 3.63) is 46.2 Å². The maximum atomic E-state index is 13.0. The minimum Gasteiger partial charge on any atom is -0.372 e. The topological polar surface area (TPSA) is 91.0 Å². The van der Waals surface area contributed by atoms with Gasteiger partial charge in [0, 0.05) is 49.2 Å². The van der Waals surface area contributed by atoms with Gasteiger partial charge in [0.2, 0.25) is 5.91 Å². The highest BCUT2D eigenvalue weighted by atomic mass is 32.1. The van der Waals surface area contributed by atoms with E-state index in [9.17, 15) is 14.4 Å². The molecule has 1 aromatic heterocycles. The molecule has 0 bridgehead atoms. The molecule has 8 nitrogen and oxygen atoms in total. The second-order valence-corrected chi connectivity index (χ2v) is 9.79. The number of nitrogens with one attached hydrogen (secondary N) is 2. The Bertz CT molecular complexity index is 1030. The van der Waals surface area contributed by atoms with Gasteiger partial charge in [0.15, 0.2) is 0 Å². The Morgan fingerprint density at radius 1 is 1.09 bits per heavy atom. The van der Waals surface area contributed by atoms with Gasteiger partial charge >= 0.3 is 12.1 Å². The quantitative estimate of drug-likeness (QED) is 0.515. The van der Waals surface area contributed by atoms with E-state index >= 15 is 0 Å². The number of amides is 2. The third-order valence-electron chi connectivity index (χ3n) is 6.38. The number of esters is 1. The summed E-state index contributed by atoms with van der Waals surface area (Å²) >= 11 is 1.64. The standard InChI is InChI=1S/C24H28N4O4S/c29-22(16-5-6-16)26-17-7-8-18(20(14-17)27-10-1-2-11-27)23(30)32-24(31)28-12-9-25-19(15-28)21-4-3-13-33-21/h3-4,7-8,13-14,16,19,25H,1-2,5-6,9-12,15H2,(H,26,29). The van der Waals surface area contributed by atoms with E-state index in [0.717, 1.165) is 43.6 Å². The number of piperazine rings is 1. The molecule has 33 heavy (non-hydrogen) atoms. The van der Waals surface area contributed by atoms with Crippen LogP contribution in [0.3, 0.4) is 0 Å². The summed E-state index contributed by atoms with van der Waals surface area (Å²) in [6, 6.07) is 9.24. The summed E-state index contributed by atoms with van der Waals surface area (Å²) in [5.74, 6) is -0.542. The number of rotatable bonds is 5. The zero-order chi connectivity index (χ0) is 22.8. The average molecular weight is 469 g/mol. The second-order valence-electron chi connectivity index (χ2n) is 8.81. The molecule has 2 aliphatic heterocycles. The molecule has 2 N–H and O–H groups in total. The monoisotopic (exact) mass is 468 g/mol. The minimum absolute atomic E-state index is 0.0203. The summed E-state index contributed by atoms with van der Waals surface area (Å²) in [5, 5.41) is 8.36. The molecular weight excluding hydrogens is 440 g/mol. The lowest BCUT2D eigenvalue weighted by atomic mass is 10.1. The molecule has 0 spiro atoms. The van der Waals surface area contributed by atoms with Gasteiger partial charge in [0.05, 0.1) is 17.3 Å². The Balaban J connectivity index is 1.29. The highest BCUT2D eigenvalue weighted by molar-refractivity contribution is 7.10. The number of anilines is 2. The van der Waals surface area contributed by atoms with Crippen molar-refractivity contribution < 1.29 is 19.1 Å². The SMILES string of the molecule is O=C(OC(=O)N1CCNC(c2cccs2)C1)c1ccc(NC(=O)C2CC2)cc1N1CCCC1. The Hall–Kier alpha value is -2.91. The highest BCUT2D eigenvalue weighted by Crippen LogP contribution is 2.33. The predicted octanol–water partition coefficient (Wildman–Crippen LogP) is 3.62. The highest BCUT2D eigenvalue weighted by Gasteiger charge is 2.31. The summed E-state index contributed by atoms with van der Waals surface area (Å²) in [6.07, 6.45) is 3.31. The fourth-order valence-electron chi connectivity index (χ4n) is 4.39. The van der Waals surface area contributed by atoms with E-state index in [1.807, 2.05) is 23.6 Å². The summed E-state index contributed by atoms with van der Waals surface area (Å²) in [6.45, 7) is 3.24. The van der Waals surface area contributed by atoms with Crippen LogP contribution in [0.5, 0.6) is 0 Å². The van der Waals surface area contributed by atoms with E-state index in [4.69, 9.17) is 4.74 Å². The number of ether oxygens (including phenoxy) is 1. The van der Waals surface area contributed by atoms with Gasteiger partial charge in [-0.05, 0) is 55.3 Å². The van der Waals surface area contributed by atoms with Crippen LogP contribution in [0.4, 0.5) is 16.2 Å². The number of carbonyl (C=O) groups is 3. The minimum atomic E-state index is -0.659. The molecule has 1 aromatic carbocycles. The van der Waals surface area contributed by atoms with Crippen LogP contribution in [0.2, 0.25) is 0 Å². The van der Waals surface area contributed by atoms with Crippen molar-refractivity contribution in [2.45, 2.75) is 31.7 Å². The predicted molar refractivity (Wildman–Crippen MR) is 127 cm³/mol. The Labute approximate surface area is 196 Å². The Kier molecular flexibility index (Phi) is 6.32. The molecule has 174 valence electrons. The molecule has 3 heterocycles. The third kappa shape index (κ3) is 5.04. The van der Waals surface area contributed by atoms with Crippen LogP contribution in [0.1, 0.15) is 47.0 Å². The summed E-state index contributed by atoms with van der Waals surface area (Å²) in [4.78, 5) is 42.9. The van der Waals surface area contributed by atoms with Crippen LogP contribution in [0.25, 0.3) is 0 Å². The van der Waals surface area contributed by atoms with E-state index in [-0.39, 0.29) is 17.9 Å². The molecule has 2 saturated heterocycles. The summed E-state index contributed by atoms with van der Waals surface area (Å²) in [5.41, 5.74) is 1.72. The van der Waals surface area contributed by atoms with Crippen LogP contribution < -0.4 is 15.5 Å². The van der Waals surface area contributed by atoms with Crippen molar-refractivity contribution in [2.75, 3.05) is 42.9 Å². The Morgan fingerprint density at radius 2 is 1.91 bits per heavy atom. The van der Waals surface area contributed by atoms with Crippen molar-refractivity contribution in [3.8, 4) is 0 Å². The van der Waals surface area contributed by atoms with Gasteiger partial charge in [-0.2, -0.15) is 0 Å². The number of nitrogens with zero attached hydrogens (tertiary/aromatic N) is 2.